The number of nitrogens with zero attached hydrogens (tertiary/aromatic N) is 3. The summed E-state index contributed by atoms with van der Waals surface area (Å²) < 4.78 is 31.2. The summed E-state index contributed by atoms with van der Waals surface area (Å²) in [6.45, 7) is 6.36. The minimum atomic E-state index is -3.65. The van der Waals surface area contributed by atoms with Crippen LogP contribution >= 0.6 is 0 Å². The van der Waals surface area contributed by atoms with E-state index in [0.29, 0.717) is 18.7 Å². The number of hydrogen-bond acceptors (Lipinski definition) is 3. The summed E-state index contributed by atoms with van der Waals surface area (Å²) in [6, 6.07) is 14.1. The van der Waals surface area contributed by atoms with E-state index >= 15 is 0 Å². The Morgan fingerprint density at radius 2 is 1.66 bits per heavy atom. The van der Waals surface area contributed by atoms with Gasteiger partial charge in [-0.05, 0) is 55.2 Å². The molecule has 1 aliphatic heterocycles. The molecule has 0 unspecified atom stereocenters. The summed E-state index contributed by atoms with van der Waals surface area (Å²) in [4.78, 5) is 13.1. The van der Waals surface area contributed by atoms with Crippen LogP contribution in [0.1, 0.15) is 36.6 Å². The molecule has 2 aromatic carbocycles. The first-order valence-electron chi connectivity index (χ1n) is 9.73. The average Bonchev–Trinajstić information content (AvgIpc) is 3.21. The second-order valence-corrected chi connectivity index (χ2v) is 9.61. The molecule has 0 radical (unpaired) electrons. The number of fused-ring (bicyclic) bond motifs is 1. The highest BCUT2D eigenvalue weighted by atomic mass is 32.2. The Balaban J connectivity index is 1.73. The molecule has 7 heteroatoms. The molecule has 0 saturated carbocycles. The van der Waals surface area contributed by atoms with Crippen LogP contribution in [0.5, 0.6) is 0 Å². The van der Waals surface area contributed by atoms with E-state index in [1.807, 2.05) is 56.8 Å². The quantitative estimate of drug-likeness (QED) is 0.661. The van der Waals surface area contributed by atoms with E-state index in [-0.39, 0.29) is 16.4 Å². The Morgan fingerprint density at radius 1 is 1.00 bits per heavy atom. The molecule has 0 spiro atoms. The molecule has 0 amide bonds. The number of para-hydroxylation sites is 1. The second-order valence-electron chi connectivity index (χ2n) is 7.74. The van der Waals surface area contributed by atoms with Crippen molar-refractivity contribution in [3.8, 4) is 5.69 Å². The van der Waals surface area contributed by atoms with E-state index in [2.05, 4.69) is 0 Å². The number of benzene rings is 2. The Kier molecular flexibility index (Phi) is 4.65. The van der Waals surface area contributed by atoms with Gasteiger partial charge in [0.1, 0.15) is 0 Å². The maximum atomic E-state index is 13.2. The molecule has 0 bridgehead atoms. The highest BCUT2D eigenvalue weighted by molar-refractivity contribution is 7.92. The van der Waals surface area contributed by atoms with Crippen LogP contribution in [0.25, 0.3) is 5.69 Å². The predicted octanol–water partition coefficient (Wildman–Crippen LogP) is 3.36. The van der Waals surface area contributed by atoms with E-state index in [1.54, 1.807) is 28.9 Å². The Bertz CT molecular complexity index is 1240. The first kappa shape index (κ1) is 19.5. The average molecular weight is 412 g/mol. The fraction of sp³-hybridized carbons (Fsp3) is 0.318. The van der Waals surface area contributed by atoms with Crippen LogP contribution < -0.4 is 9.86 Å². The molecule has 6 nitrogen and oxygen atoms in total. The smallest absolute Gasteiger partial charge is 0.275 e. The largest absolute Gasteiger partial charge is 0.285 e. The van der Waals surface area contributed by atoms with Gasteiger partial charge in [0.2, 0.25) is 0 Å². The van der Waals surface area contributed by atoms with Crippen molar-refractivity contribution in [2.75, 3.05) is 10.8 Å². The van der Waals surface area contributed by atoms with Crippen LogP contribution in [0.4, 0.5) is 5.69 Å². The van der Waals surface area contributed by atoms with Crippen molar-refractivity contribution in [2.45, 2.75) is 38.0 Å². The summed E-state index contributed by atoms with van der Waals surface area (Å²) in [6.07, 6.45) is 0.712. The maximum absolute atomic E-state index is 13.2. The third-order valence-corrected chi connectivity index (χ3v) is 7.52. The molecule has 2 heterocycles. The lowest BCUT2D eigenvalue weighted by atomic mass is 10.0. The molecule has 4 rings (SSSR count). The molecule has 0 N–H and O–H groups in total. The van der Waals surface area contributed by atoms with Gasteiger partial charge in [0.25, 0.3) is 15.6 Å². The van der Waals surface area contributed by atoms with Gasteiger partial charge in [0, 0.05) is 24.8 Å². The molecule has 152 valence electrons. The van der Waals surface area contributed by atoms with E-state index in [9.17, 15) is 13.2 Å². The zero-order valence-electron chi connectivity index (χ0n) is 17.1. The van der Waals surface area contributed by atoms with E-state index in [1.165, 1.54) is 4.31 Å². The number of hydrogen-bond donors (Lipinski definition) is 0. The Labute approximate surface area is 171 Å². The zero-order chi connectivity index (χ0) is 20.9. The van der Waals surface area contributed by atoms with E-state index in [4.69, 9.17) is 0 Å². The summed E-state index contributed by atoms with van der Waals surface area (Å²) in [5, 5.41) is 0. The molecule has 29 heavy (non-hydrogen) atoms. The van der Waals surface area contributed by atoms with Crippen molar-refractivity contribution >= 4 is 15.7 Å². The monoisotopic (exact) mass is 411 g/mol. The first-order chi connectivity index (χ1) is 13.7. The predicted molar refractivity (Wildman–Crippen MR) is 115 cm³/mol. The van der Waals surface area contributed by atoms with Crippen molar-refractivity contribution in [2.24, 2.45) is 7.05 Å². The molecule has 3 aromatic rings. The SMILES string of the molecule is Cc1c(C(C)C)c(=O)n(-c2ccc(S(=O)(=O)N3CCc4ccccc43)cc2)n1C. The highest BCUT2D eigenvalue weighted by Gasteiger charge is 2.30. The summed E-state index contributed by atoms with van der Waals surface area (Å²) >= 11 is 0. The molecule has 0 aliphatic carbocycles. The van der Waals surface area contributed by atoms with Gasteiger partial charge in [-0.1, -0.05) is 32.0 Å². The van der Waals surface area contributed by atoms with Crippen LogP contribution in [0.3, 0.4) is 0 Å². The van der Waals surface area contributed by atoms with Crippen molar-refractivity contribution in [3.05, 3.63) is 75.7 Å². The van der Waals surface area contributed by atoms with Crippen molar-refractivity contribution < 1.29 is 8.42 Å². The molecule has 1 aromatic heterocycles. The van der Waals surface area contributed by atoms with Crippen LogP contribution in [0, 0.1) is 6.92 Å². The molecular weight excluding hydrogens is 386 g/mol. The third kappa shape index (κ3) is 3.00. The van der Waals surface area contributed by atoms with Gasteiger partial charge in [0.15, 0.2) is 0 Å². The van der Waals surface area contributed by atoms with E-state index in [0.717, 1.165) is 22.5 Å². The van der Waals surface area contributed by atoms with E-state index < -0.39 is 10.0 Å². The second kappa shape index (κ2) is 6.91. The topological polar surface area (TPSA) is 64.3 Å². The fourth-order valence-corrected chi connectivity index (χ4v) is 5.63. The number of sulfonamides is 1. The zero-order valence-corrected chi connectivity index (χ0v) is 17.9. The summed E-state index contributed by atoms with van der Waals surface area (Å²) in [5.41, 5.74) is 4.05. The summed E-state index contributed by atoms with van der Waals surface area (Å²) in [7, 11) is -1.81. The molecule has 1 aliphatic rings. The standard InChI is InChI=1S/C22H25N3O3S/c1-15(2)21-16(3)23(4)25(22(21)26)18-9-11-19(12-10-18)29(27,28)24-14-13-17-7-5-6-8-20(17)24/h5-12,15H,13-14H2,1-4H3. The first-order valence-corrected chi connectivity index (χ1v) is 11.2. The van der Waals surface area contributed by atoms with Gasteiger partial charge in [0.05, 0.1) is 16.3 Å². The number of rotatable bonds is 4. The Morgan fingerprint density at radius 3 is 2.28 bits per heavy atom. The maximum Gasteiger partial charge on any atom is 0.275 e. The van der Waals surface area contributed by atoms with Crippen molar-refractivity contribution in [1.82, 2.24) is 9.36 Å². The van der Waals surface area contributed by atoms with Crippen LogP contribution in [-0.4, -0.2) is 24.3 Å². The normalized spacial score (nSPS) is 13.9. The molecule has 0 saturated heterocycles. The third-order valence-electron chi connectivity index (χ3n) is 5.69. The Hall–Kier alpha value is -2.80. The fourth-order valence-electron chi connectivity index (χ4n) is 4.13. The lowest BCUT2D eigenvalue weighted by Gasteiger charge is -2.19. The van der Waals surface area contributed by atoms with Crippen molar-refractivity contribution in [1.29, 1.82) is 0 Å². The van der Waals surface area contributed by atoms with Crippen LogP contribution in [0.15, 0.2) is 58.2 Å². The van der Waals surface area contributed by atoms with Crippen LogP contribution in [0.2, 0.25) is 0 Å². The van der Waals surface area contributed by atoms with Gasteiger partial charge < -0.3 is 0 Å². The lowest BCUT2D eigenvalue weighted by Crippen LogP contribution is -2.29. The van der Waals surface area contributed by atoms with Gasteiger partial charge >= 0.3 is 0 Å². The molecular formula is C22H25N3O3S. The number of anilines is 1. The molecule has 0 atom stereocenters. The van der Waals surface area contributed by atoms with Crippen molar-refractivity contribution in [3.63, 3.8) is 0 Å². The minimum absolute atomic E-state index is 0.0657. The summed E-state index contributed by atoms with van der Waals surface area (Å²) in [5.74, 6) is 0.116. The van der Waals surface area contributed by atoms with Gasteiger partial charge in [-0.3, -0.25) is 13.8 Å². The van der Waals surface area contributed by atoms with Gasteiger partial charge in [-0.15, -0.1) is 0 Å². The highest BCUT2D eigenvalue weighted by Crippen LogP contribution is 2.32. The lowest BCUT2D eigenvalue weighted by molar-refractivity contribution is 0.592. The van der Waals surface area contributed by atoms with Gasteiger partial charge in [-0.25, -0.2) is 13.1 Å². The number of aromatic nitrogens is 2. The van der Waals surface area contributed by atoms with Gasteiger partial charge in [-0.2, -0.15) is 0 Å². The van der Waals surface area contributed by atoms with Crippen LogP contribution in [-0.2, 0) is 23.5 Å². The minimum Gasteiger partial charge on any atom is -0.285 e. The molecule has 0 fully saturated rings.